The van der Waals surface area contributed by atoms with Gasteiger partial charge in [-0.05, 0) is 24.1 Å². The van der Waals surface area contributed by atoms with Crippen molar-refractivity contribution in [3.63, 3.8) is 0 Å². The zero-order chi connectivity index (χ0) is 14.7. The van der Waals surface area contributed by atoms with Crippen molar-refractivity contribution in [2.24, 2.45) is 0 Å². The van der Waals surface area contributed by atoms with Gasteiger partial charge in [-0.25, -0.2) is 9.78 Å². The maximum atomic E-state index is 12.1. The summed E-state index contributed by atoms with van der Waals surface area (Å²) in [5.74, 6) is 0.500. The summed E-state index contributed by atoms with van der Waals surface area (Å²) in [7, 11) is 0. The van der Waals surface area contributed by atoms with Crippen molar-refractivity contribution in [2.75, 3.05) is 30.1 Å². The highest BCUT2D eigenvalue weighted by atomic mass is 32.2. The Bertz CT molecular complexity index is 641. The summed E-state index contributed by atoms with van der Waals surface area (Å²) < 4.78 is 6.83. The summed E-state index contributed by atoms with van der Waals surface area (Å²) in [5, 5.41) is 5.28. The standard InChI is InChI=1S/C13H14N4O2S2/c14-10-3-1-2-9(6-10)11-7-20-12(15-11)16-13(18)17-4-5-19-8-21-17/h1-3,6-7H,4-5,8,14H2,(H,15,16,18). The van der Waals surface area contributed by atoms with Gasteiger partial charge in [-0.3, -0.25) is 9.62 Å². The zero-order valence-corrected chi connectivity index (χ0v) is 12.7. The number of rotatable bonds is 2. The molecule has 1 saturated heterocycles. The SMILES string of the molecule is Nc1cccc(-c2csc(NC(=O)N3CCOCS3)n2)c1. The lowest BCUT2D eigenvalue weighted by atomic mass is 10.1. The van der Waals surface area contributed by atoms with Crippen LogP contribution in [-0.4, -0.2) is 34.4 Å². The van der Waals surface area contributed by atoms with Gasteiger partial charge in [0.05, 0.1) is 18.8 Å². The van der Waals surface area contributed by atoms with Crippen molar-refractivity contribution in [1.82, 2.24) is 9.29 Å². The number of amides is 2. The normalized spacial score (nSPS) is 15.0. The first-order chi connectivity index (χ1) is 10.2. The Morgan fingerprint density at radius 2 is 2.38 bits per heavy atom. The third kappa shape index (κ3) is 3.46. The first-order valence-corrected chi connectivity index (χ1v) is 8.15. The van der Waals surface area contributed by atoms with Crippen LogP contribution in [0, 0.1) is 0 Å². The molecule has 1 aromatic heterocycles. The first kappa shape index (κ1) is 14.2. The van der Waals surface area contributed by atoms with E-state index in [0.717, 1.165) is 11.3 Å². The van der Waals surface area contributed by atoms with Gasteiger partial charge in [0.15, 0.2) is 5.13 Å². The summed E-state index contributed by atoms with van der Waals surface area (Å²) >= 11 is 2.75. The molecule has 2 amide bonds. The minimum absolute atomic E-state index is 0.170. The van der Waals surface area contributed by atoms with Gasteiger partial charge in [0, 0.05) is 16.6 Å². The molecule has 0 spiro atoms. The molecule has 21 heavy (non-hydrogen) atoms. The van der Waals surface area contributed by atoms with Crippen LogP contribution < -0.4 is 11.1 Å². The lowest BCUT2D eigenvalue weighted by Crippen LogP contribution is -2.35. The molecule has 0 aliphatic carbocycles. The molecule has 1 aliphatic heterocycles. The predicted molar refractivity (Wildman–Crippen MR) is 86.1 cm³/mol. The zero-order valence-electron chi connectivity index (χ0n) is 11.1. The van der Waals surface area contributed by atoms with Crippen LogP contribution in [0.3, 0.4) is 0 Å². The van der Waals surface area contributed by atoms with Crippen LogP contribution in [0.25, 0.3) is 11.3 Å². The molecule has 3 rings (SSSR count). The Kier molecular flexibility index (Phi) is 4.28. The molecule has 2 aromatic rings. The van der Waals surface area contributed by atoms with Gasteiger partial charge in [-0.1, -0.05) is 12.1 Å². The predicted octanol–water partition coefficient (Wildman–Crippen LogP) is 2.86. The number of ether oxygens (including phenoxy) is 1. The van der Waals surface area contributed by atoms with Gasteiger partial charge in [-0.2, -0.15) is 0 Å². The molecule has 1 aliphatic rings. The van der Waals surface area contributed by atoms with E-state index in [1.165, 1.54) is 23.3 Å². The van der Waals surface area contributed by atoms with Crippen molar-refractivity contribution in [2.45, 2.75) is 0 Å². The number of hydrogen-bond donors (Lipinski definition) is 2. The number of thiazole rings is 1. The van der Waals surface area contributed by atoms with Crippen molar-refractivity contribution in [3.8, 4) is 11.3 Å². The van der Waals surface area contributed by atoms with Gasteiger partial charge >= 0.3 is 6.03 Å². The lowest BCUT2D eigenvalue weighted by Gasteiger charge is -2.24. The number of carbonyl (C=O) groups excluding carboxylic acids is 1. The molecule has 0 bridgehead atoms. The van der Waals surface area contributed by atoms with E-state index in [-0.39, 0.29) is 6.03 Å². The minimum atomic E-state index is -0.170. The summed E-state index contributed by atoms with van der Waals surface area (Å²) in [4.78, 5) is 16.5. The second-order valence-corrected chi connectivity index (χ2v) is 6.14. The number of nitrogens with zero attached hydrogens (tertiary/aromatic N) is 2. The topological polar surface area (TPSA) is 80.5 Å². The number of nitrogen functional groups attached to an aromatic ring is 1. The Labute approximate surface area is 130 Å². The van der Waals surface area contributed by atoms with E-state index in [1.807, 2.05) is 29.6 Å². The van der Waals surface area contributed by atoms with Gasteiger partial charge in [0.1, 0.15) is 5.94 Å². The van der Waals surface area contributed by atoms with Gasteiger partial charge in [-0.15, -0.1) is 11.3 Å². The van der Waals surface area contributed by atoms with E-state index in [0.29, 0.717) is 29.9 Å². The summed E-state index contributed by atoms with van der Waals surface area (Å²) in [6, 6.07) is 7.34. The highest BCUT2D eigenvalue weighted by Gasteiger charge is 2.19. The number of hydrogen-bond acceptors (Lipinski definition) is 6. The molecule has 3 N–H and O–H groups in total. The molecule has 6 nitrogen and oxygen atoms in total. The summed E-state index contributed by atoms with van der Waals surface area (Å²) in [6.07, 6.45) is 0. The Morgan fingerprint density at radius 3 is 3.14 bits per heavy atom. The molecular weight excluding hydrogens is 308 g/mol. The maximum Gasteiger partial charge on any atom is 0.333 e. The van der Waals surface area contributed by atoms with E-state index in [4.69, 9.17) is 10.5 Å². The van der Waals surface area contributed by atoms with Crippen LogP contribution in [0.4, 0.5) is 15.6 Å². The first-order valence-electron chi connectivity index (χ1n) is 6.33. The van der Waals surface area contributed by atoms with E-state index >= 15 is 0 Å². The number of urea groups is 1. The fraction of sp³-hybridized carbons (Fsp3) is 0.231. The van der Waals surface area contributed by atoms with Crippen molar-refractivity contribution >= 4 is 40.1 Å². The fourth-order valence-corrected chi connectivity index (χ4v) is 3.24. The molecule has 2 heterocycles. The third-order valence-electron chi connectivity index (χ3n) is 2.86. The monoisotopic (exact) mass is 322 g/mol. The Morgan fingerprint density at radius 1 is 1.48 bits per heavy atom. The number of carbonyl (C=O) groups is 1. The van der Waals surface area contributed by atoms with Crippen molar-refractivity contribution < 1.29 is 9.53 Å². The molecule has 0 atom stereocenters. The molecule has 1 aromatic carbocycles. The van der Waals surface area contributed by atoms with Crippen LogP contribution in [0.5, 0.6) is 0 Å². The second kappa shape index (κ2) is 6.33. The van der Waals surface area contributed by atoms with E-state index in [9.17, 15) is 4.79 Å². The molecule has 0 saturated carbocycles. The van der Waals surface area contributed by atoms with Crippen LogP contribution in [0.2, 0.25) is 0 Å². The van der Waals surface area contributed by atoms with Crippen LogP contribution in [0.15, 0.2) is 29.6 Å². The Balaban J connectivity index is 1.69. The van der Waals surface area contributed by atoms with Gasteiger partial charge in [0.25, 0.3) is 0 Å². The van der Waals surface area contributed by atoms with E-state index in [1.54, 1.807) is 4.31 Å². The van der Waals surface area contributed by atoms with Crippen LogP contribution >= 0.6 is 23.3 Å². The van der Waals surface area contributed by atoms with E-state index < -0.39 is 0 Å². The largest absolute Gasteiger partial charge is 0.399 e. The Hall–Kier alpha value is -1.77. The smallest absolute Gasteiger partial charge is 0.333 e. The minimum Gasteiger partial charge on any atom is -0.399 e. The lowest BCUT2D eigenvalue weighted by molar-refractivity contribution is 0.152. The molecule has 8 heteroatoms. The number of benzene rings is 1. The summed E-state index contributed by atoms with van der Waals surface area (Å²) in [6.45, 7) is 1.14. The molecule has 0 unspecified atom stereocenters. The van der Waals surface area contributed by atoms with Crippen molar-refractivity contribution in [3.05, 3.63) is 29.6 Å². The average molecular weight is 322 g/mol. The molecule has 0 radical (unpaired) electrons. The van der Waals surface area contributed by atoms with Crippen LogP contribution in [-0.2, 0) is 4.74 Å². The highest BCUT2D eigenvalue weighted by Crippen LogP contribution is 2.26. The summed E-state index contributed by atoms with van der Waals surface area (Å²) in [5.41, 5.74) is 8.20. The second-order valence-electron chi connectivity index (χ2n) is 4.35. The van der Waals surface area contributed by atoms with Crippen molar-refractivity contribution in [1.29, 1.82) is 0 Å². The number of nitrogens with two attached hydrogens (primary N) is 1. The molecule has 1 fully saturated rings. The highest BCUT2D eigenvalue weighted by molar-refractivity contribution is 7.97. The van der Waals surface area contributed by atoms with Gasteiger partial charge < -0.3 is 10.5 Å². The number of nitrogens with one attached hydrogen (secondary N) is 1. The molecule has 110 valence electrons. The van der Waals surface area contributed by atoms with Gasteiger partial charge in [0.2, 0.25) is 0 Å². The molecular formula is C13H14N4O2S2. The number of anilines is 2. The van der Waals surface area contributed by atoms with E-state index in [2.05, 4.69) is 10.3 Å². The average Bonchev–Trinajstić information content (AvgIpc) is 2.97. The fourth-order valence-electron chi connectivity index (χ4n) is 1.85. The maximum absolute atomic E-state index is 12.1. The third-order valence-corrected chi connectivity index (χ3v) is 4.55. The quantitative estimate of drug-likeness (QED) is 0.656. The van der Waals surface area contributed by atoms with Crippen LogP contribution in [0.1, 0.15) is 0 Å². The number of aromatic nitrogens is 1.